The SMILES string of the molecule is CN1CCN(C(C(=O)O)c2cc(Cl)ccc2Cl)CC1. The molecule has 1 atom stereocenters. The third-order valence-corrected chi connectivity index (χ3v) is 3.97. The molecule has 1 aliphatic rings. The number of nitrogens with zero attached hydrogens (tertiary/aromatic N) is 2. The van der Waals surface area contributed by atoms with Crippen molar-refractivity contribution in [3.05, 3.63) is 33.8 Å². The Hall–Kier alpha value is -0.810. The molecule has 2 rings (SSSR count). The smallest absolute Gasteiger partial charge is 0.325 e. The van der Waals surface area contributed by atoms with Gasteiger partial charge in [-0.2, -0.15) is 0 Å². The van der Waals surface area contributed by atoms with E-state index in [1.807, 2.05) is 11.9 Å². The van der Waals surface area contributed by atoms with Crippen molar-refractivity contribution in [1.29, 1.82) is 0 Å². The van der Waals surface area contributed by atoms with Crippen molar-refractivity contribution in [3.8, 4) is 0 Å². The average Bonchev–Trinajstić information content (AvgIpc) is 2.36. The van der Waals surface area contributed by atoms with Crippen molar-refractivity contribution in [2.24, 2.45) is 0 Å². The lowest BCUT2D eigenvalue weighted by Gasteiger charge is -2.36. The van der Waals surface area contributed by atoms with Crippen LogP contribution in [0.15, 0.2) is 18.2 Å². The molecule has 0 amide bonds. The number of rotatable bonds is 3. The number of carboxylic acid groups (broad SMARTS) is 1. The molecule has 1 saturated heterocycles. The minimum atomic E-state index is -0.895. The maximum absolute atomic E-state index is 11.6. The number of hydrogen-bond donors (Lipinski definition) is 1. The maximum Gasteiger partial charge on any atom is 0.325 e. The van der Waals surface area contributed by atoms with Crippen molar-refractivity contribution in [3.63, 3.8) is 0 Å². The van der Waals surface area contributed by atoms with Gasteiger partial charge in [-0.3, -0.25) is 9.69 Å². The monoisotopic (exact) mass is 302 g/mol. The lowest BCUT2D eigenvalue weighted by atomic mass is 10.0. The summed E-state index contributed by atoms with van der Waals surface area (Å²) in [6, 6.07) is 4.21. The van der Waals surface area contributed by atoms with Gasteiger partial charge in [-0.15, -0.1) is 0 Å². The first-order valence-corrected chi connectivity index (χ1v) is 6.85. The molecule has 1 aliphatic heterocycles. The average molecular weight is 303 g/mol. The Bertz CT molecular complexity index is 474. The summed E-state index contributed by atoms with van der Waals surface area (Å²) in [7, 11) is 2.03. The molecule has 6 heteroatoms. The second-order valence-corrected chi connectivity index (χ2v) is 5.59. The molecule has 1 aromatic rings. The number of halogens is 2. The summed E-state index contributed by atoms with van der Waals surface area (Å²) in [6.07, 6.45) is 0. The van der Waals surface area contributed by atoms with Crippen molar-refractivity contribution in [1.82, 2.24) is 9.80 Å². The molecule has 0 bridgehead atoms. The first-order chi connectivity index (χ1) is 8.99. The van der Waals surface area contributed by atoms with E-state index in [1.165, 1.54) is 0 Å². The molecule has 1 heterocycles. The van der Waals surface area contributed by atoms with E-state index < -0.39 is 12.0 Å². The molecule has 0 spiro atoms. The van der Waals surface area contributed by atoms with Crippen LogP contribution in [0.3, 0.4) is 0 Å². The molecule has 1 unspecified atom stereocenters. The quantitative estimate of drug-likeness (QED) is 0.931. The third kappa shape index (κ3) is 3.39. The van der Waals surface area contributed by atoms with Crippen LogP contribution >= 0.6 is 23.2 Å². The number of likely N-dealkylation sites (N-methyl/N-ethyl adjacent to an activating group) is 1. The minimum Gasteiger partial charge on any atom is -0.480 e. The van der Waals surface area contributed by atoms with Gasteiger partial charge in [-0.1, -0.05) is 23.2 Å². The summed E-state index contributed by atoms with van der Waals surface area (Å²) in [4.78, 5) is 15.7. The number of benzene rings is 1. The van der Waals surface area contributed by atoms with Gasteiger partial charge in [-0.25, -0.2) is 0 Å². The lowest BCUT2D eigenvalue weighted by Crippen LogP contribution is -2.47. The molecule has 1 aromatic carbocycles. The Labute approximate surface area is 122 Å². The third-order valence-electron chi connectivity index (χ3n) is 3.39. The summed E-state index contributed by atoms with van der Waals surface area (Å²) < 4.78 is 0. The molecule has 0 saturated carbocycles. The summed E-state index contributed by atoms with van der Waals surface area (Å²) in [5.41, 5.74) is 0.561. The zero-order valence-corrected chi connectivity index (χ0v) is 12.2. The van der Waals surface area contributed by atoms with E-state index in [4.69, 9.17) is 23.2 Å². The number of hydrogen-bond acceptors (Lipinski definition) is 3. The highest BCUT2D eigenvalue weighted by Gasteiger charge is 2.31. The summed E-state index contributed by atoms with van der Waals surface area (Å²) >= 11 is 12.1. The molecule has 19 heavy (non-hydrogen) atoms. The Morgan fingerprint density at radius 2 is 1.89 bits per heavy atom. The summed E-state index contributed by atoms with van der Waals surface area (Å²) in [5, 5.41) is 10.4. The first-order valence-electron chi connectivity index (χ1n) is 6.09. The Kier molecular flexibility index (Phi) is 4.68. The van der Waals surface area contributed by atoms with Gasteiger partial charge in [0.05, 0.1) is 0 Å². The Morgan fingerprint density at radius 3 is 2.47 bits per heavy atom. The van der Waals surface area contributed by atoms with E-state index in [2.05, 4.69) is 4.90 Å². The van der Waals surface area contributed by atoms with Crippen molar-refractivity contribution in [2.45, 2.75) is 6.04 Å². The second kappa shape index (κ2) is 6.09. The Morgan fingerprint density at radius 1 is 1.26 bits per heavy atom. The highest BCUT2D eigenvalue weighted by molar-refractivity contribution is 6.33. The van der Waals surface area contributed by atoms with E-state index in [1.54, 1.807) is 18.2 Å². The van der Waals surface area contributed by atoms with Crippen LogP contribution in [0.25, 0.3) is 0 Å². The zero-order valence-electron chi connectivity index (χ0n) is 10.6. The number of piperazine rings is 1. The predicted octanol–water partition coefficient (Wildman–Crippen LogP) is 2.37. The van der Waals surface area contributed by atoms with Crippen LogP contribution in [0.1, 0.15) is 11.6 Å². The fourth-order valence-corrected chi connectivity index (χ4v) is 2.69. The molecule has 1 N–H and O–H groups in total. The molecule has 0 radical (unpaired) electrons. The van der Waals surface area contributed by atoms with Crippen LogP contribution in [0.4, 0.5) is 0 Å². The fraction of sp³-hybridized carbons (Fsp3) is 0.462. The van der Waals surface area contributed by atoms with E-state index >= 15 is 0 Å². The van der Waals surface area contributed by atoms with Gasteiger partial charge < -0.3 is 10.0 Å². The summed E-state index contributed by atoms with van der Waals surface area (Å²) in [5.74, 6) is -0.895. The van der Waals surface area contributed by atoms with Crippen LogP contribution < -0.4 is 0 Å². The topological polar surface area (TPSA) is 43.8 Å². The largest absolute Gasteiger partial charge is 0.480 e. The highest BCUT2D eigenvalue weighted by Crippen LogP contribution is 2.31. The number of carboxylic acids is 1. The number of aliphatic carboxylic acids is 1. The zero-order chi connectivity index (χ0) is 14.0. The predicted molar refractivity (Wildman–Crippen MR) is 75.9 cm³/mol. The van der Waals surface area contributed by atoms with Crippen LogP contribution in [-0.2, 0) is 4.79 Å². The van der Waals surface area contributed by atoms with Crippen molar-refractivity contribution >= 4 is 29.2 Å². The van der Waals surface area contributed by atoms with E-state index in [9.17, 15) is 9.90 Å². The molecular formula is C13H16Cl2N2O2. The van der Waals surface area contributed by atoms with Gasteiger partial charge in [0.1, 0.15) is 6.04 Å². The van der Waals surface area contributed by atoms with E-state index in [0.29, 0.717) is 28.7 Å². The van der Waals surface area contributed by atoms with Gasteiger partial charge in [0.15, 0.2) is 0 Å². The number of carbonyl (C=O) groups is 1. The Balaban J connectivity index is 2.30. The standard InChI is InChI=1S/C13H16Cl2N2O2/c1-16-4-6-17(7-5-16)12(13(18)19)10-8-9(14)2-3-11(10)15/h2-3,8,12H,4-7H2,1H3,(H,18,19). The molecule has 0 aromatic heterocycles. The second-order valence-electron chi connectivity index (χ2n) is 4.75. The van der Waals surface area contributed by atoms with Crippen LogP contribution in [0, 0.1) is 0 Å². The summed E-state index contributed by atoms with van der Waals surface area (Å²) in [6.45, 7) is 3.11. The lowest BCUT2D eigenvalue weighted by molar-refractivity contribution is -0.144. The fourth-order valence-electron chi connectivity index (χ4n) is 2.29. The minimum absolute atomic E-state index is 0.440. The van der Waals surface area contributed by atoms with Gasteiger partial charge in [-0.05, 0) is 25.2 Å². The van der Waals surface area contributed by atoms with E-state index in [-0.39, 0.29) is 0 Å². The molecular weight excluding hydrogens is 287 g/mol. The van der Waals surface area contributed by atoms with Crippen molar-refractivity contribution in [2.75, 3.05) is 33.2 Å². The normalized spacial score (nSPS) is 19.3. The van der Waals surface area contributed by atoms with Gasteiger partial charge in [0.2, 0.25) is 0 Å². The van der Waals surface area contributed by atoms with Gasteiger partial charge >= 0.3 is 5.97 Å². The van der Waals surface area contributed by atoms with E-state index in [0.717, 1.165) is 13.1 Å². The van der Waals surface area contributed by atoms with Crippen LogP contribution in [-0.4, -0.2) is 54.1 Å². The maximum atomic E-state index is 11.6. The van der Waals surface area contributed by atoms with Gasteiger partial charge in [0, 0.05) is 41.8 Å². The van der Waals surface area contributed by atoms with Gasteiger partial charge in [0.25, 0.3) is 0 Å². The highest BCUT2D eigenvalue weighted by atomic mass is 35.5. The molecule has 0 aliphatic carbocycles. The van der Waals surface area contributed by atoms with Crippen molar-refractivity contribution < 1.29 is 9.90 Å². The first kappa shape index (κ1) is 14.6. The molecule has 104 valence electrons. The molecule has 1 fully saturated rings. The molecule has 4 nitrogen and oxygen atoms in total. The van der Waals surface area contributed by atoms with Crippen LogP contribution in [0.2, 0.25) is 10.0 Å². The van der Waals surface area contributed by atoms with Crippen LogP contribution in [0.5, 0.6) is 0 Å².